The van der Waals surface area contributed by atoms with Crippen molar-refractivity contribution in [2.24, 2.45) is 16.8 Å². The first kappa shape index (κ1) is 23.9. The highest BCUT2D eigenvalue weighted by molar-refractivity contribution is 6.50. The zero-order valence-electron chi connectivity index (χ0n) is 20.1. The van der Waals surface area contributed by atoms with Crippen molar-refractivity contribution in [1.29, 1.82) is 0 Å². The zero-order chi connectivity index (χ0) is 25.1. The highest BCUT2D eigenvalue weighted by Crippen LogP contribution is 2.31. The quantitative estimate of drug-likeness (QED) is 0.489. The Hall–Kier alpha value is -3.81. The number of carbonyl (C=O) groups is 1. The number of para-hydroxylation sites is 1. The van der Waals surface area contributed by atoms with Crippen LogP contribution in [-0.4, -0.2) is 48.0 Å². The van der Waals surface area contributed by atoms with E-state index < -0.39 is 11.6 Å². The third-order valence-corrected chi connectivity index (χ3v) is 6.94. The second kappa shape index (κ2) is 10.4. The monoisotopic (exact) mass is 490 g/mol. The maximum atomic E-state index is 14.2. The van der Waals surface area contributed by atoms with E-state index in [1.165, 1.54) is 7.11 Å². The Bertz CT molecular complexity index is 1290. The van der Waals surface area contributed by atoms with Gasteiger partial charge >= 0.3 is 0 Å². The highest BCUT2D eigenvalue weighted by atomic mass is 19.2. The molecule has 2 aliphatic rings. The molecule has 0 radical (unpaired) electrons. The van der Waals surface area contributed by atoms with Crippen LogP contribution in [0.5, 0.6) is 0 Å². The Kier molecular flexibility index (Phi) is 6.93. The van der Waals surface area contributed by atoms with Gasteiger partial charge in [0.05, 0.1) is 30.4 Å². The molecule has 0 amide bonds. The topological polar surface area (TPSA) is 59.7 Å². The first-order valence-electron chi connectivity index (χ1n) is 12.2. The second-order valence-corrected chi connectivity index (χ2v) is 9.22. The summed E-state index contributed by atoms with van der Waals surface area (Å²) in [7, 11) is 1.50. The standard InChI is InChI=1S/C28H28F2N4O2/c1-36-25-17-20(16-19-11-14-33(15-12-19)23-9-5-8-22(29)26(23)30)18-31-27(28(25)35)24-10-13-32-34(24)21-6-3-2-4-7-21/h2-10,13,17,19-20H,11-12,14-16,18H2,1H3. The summed E-state index contributed by atoms with van der Waals surface area (Å²) in [6, 6.07) is 15.7. The van der Waals surface area contributed by atoms with E-state index in [2.05, 4.69) is 5.10 Å². The Morgan fingerprint density at radius 1 is 1.03 bits per heavy atom. The van der Waals surface area contributed by atoms with Gasteiger partial charge in [-0.25, -0.2) is 13.5 Å². The molecule has 0 saturated carbocycles. The fourth-order valence-corrected chi connectivity index (χ4v) is 5.07. The average Bonchev–Trinajstić information content (AvgIpc) is 3.33. The lowest BCUT2D eigenvalue weighted by atomic mass is 9.86. The molecule has 0 aliphatic carbocycles. The number of Topliss-reactive ketones (excluding diaryl/α,β-unsaturated/α-hetero) is 1. The number of anilines is 1. The summed E-state index contributed by atoms with van der Waals surface area (Å²) in [4.78, 5) is 20.0. The Balaban J connectivity index is 1.30. The molecule has 1 fully saturated rings. The van der Waals surface area contributed by atoms with Gasteiger partial charge in [-0.2, -0.15) is 5.10 Å². The van der Waals surface area contributed by atoms with Crippen molar-refractivity contribution < 1.29 is 18.3 Å². The van der Waals surface area contributed by atoms with Crippen LogP contribution in [0.2, 0.25) is 0 Å². The minimum absolute atomic E-state index is 0.0388. The number of rotatable bonds is 6. The number of carbonyl (C=O) groups excluding carboxylic acids is 1. The number of allylic oxidation sites excluding steroid dienone is 1. The third kappa shape index (κ3) is 4.80. The summed E-state index contributed by atoms with van der Waals surface area (Å²) in [5, 5.41) is 4.40. The Labute approximate surface area is 208 Å². The van der Waals surface area contributed by atoms with E-state index in [1.807, 2.05) is 41.3 Å². The largest absolute Gasteiger partial charge is 0.493 e. The summed E-state index contributed by atoms with van der Waals surface area (Å²) >= 11 is 0. The van der Waals surface area contributed by atoms with Gasteiger partial charge in [-0.3, -0.25) is 9.79 Å². The molecule has 1 aromatic heterocycles. The van der Waals surface area contributed by atoms with Crippen molar-refractivity contribution in [2.75, 3.05) is 31.6 Å². The van der Waals surface area contributed by atoms with E-state index in [4.69, 9.17) is 9.73 Å². The van der Waals surface area contributed by atoms with Crippen LogP contribution in [0.25, 0.3) is 5.69 Å². The molecule has 3 heterocycles. The number of hydrogen-bond donors (Lipinski definition) is 0. The lowest BCUT2D eigenvalue weighted by Gasteiger charge is -2.34. The lowest BCUT2D eigenvalue weighted by Crippen LogP contribution is -2.35. The molecule has 3 aromatic rings. The Morgan fingerprint density at radius 3 is 2.56 bits per heavy atom. The van der Waals surface area contributed by atoms with Crippen molar-refractivity contribution in [1.82, 2.24) is 9.78 Å². The van der Waals surface area contributed by atoms with Crippen LogP contribution >= 0.6 is 0 Å². The maximum Gasteiger partial charge on any atom is 0.247 e. The van der Waals surface area contributed by atoms with Crippen LogP contribution < -0.4 is 4.90 Å². The molecular weight excluding hydrogens is 462 g/mol. The third-order valence-electron chi connectivity index (χ3n) is 6.94. The van der Waals surface area contributed by atoms with Crippen molar-refractivity contribution in [3.63, 3.8) is 0 Å². The number of ether oxygens (including phenoxy) is 1. The van der Waals surface area contributed by atoms with E-state index >= 15 is 0 Å². The summed E-state index contributed by atoms with van der Waals surface area (Å²) in [5.74, 6) is -1.15. The van der Waals surface area contributed by atoms with Crippen LogP contribution in [0, 0.1) is 23.5 Å². The number of piperidine rings is 1. The maximum absolute atomic E-state index is 14.2. The van der Waals surface area contributed by atoms with Crippen LogP contribution in [0.15, 0.2) is 77.6 Å². The fourth-order valence-electron chi connectivity index (χ4n) is 5.07. The molecule has 5 rings (SSSR count). The van der Waals surface area contributed by atoms with E-state index in [9.17, 15) is 13.6 Å². The first-order valence-corrected chi connectivity index (χ1v) is 12.2. The van der Waals surface area contributed by atoms with Gasteiger partial charge in [0.2, 0.25) is 5.78 Å². The van der Waals surface area contributed by atoms with Gasteiger partial charge in [0, 0.05) is 25.6 Å². The van der Waals surface area contributed by atoms with Crippen LogP contribution in [0.1, 0.15) is 25.0 Å². The molecule has 2 aromatic carbocycles. The second-order valence-electron chi connectivity index (χ2n) is 9.22. The molecule has 0 bridgehead atoms. The molecule has 1 unspecified atom stereocenters. The predicted molar refractivity (Wildman–Crippen MR) is 134 cm³/mol. The molecule has 6 nitrogen and oxygen atoms in total. The van der Waals surface area contributed by atoms with E-state index in [1.54, 1.807) is 29.1 Å². The van der Waals surface area contributed by atoms with E-state index in [-0.39, 0.29) is 17.5 Å². The Morgan fingerprint density at radius 2 is 1.81 bits per heavy atom. The fraction of sp³-hybridized carbons (Fsp3) is 0.321. The molecule has 36 heavy (non-hydrogen) atoms. The number of nitrogens with zero attached hydrogens (tertiary/aromatic N) is 4. The van der Waals surface area contributed by atoms with Gasteiger partial charge < -0.3 is 9.64 Å². The smallest absolute Gasteiger partial charge is 0.247 e. The summed E-state index contributed by atoms with van der Waals surface area (Å²) < 4.78 is 35.1. The van der Waals surface area contributed by atoms with Crippen molar-refractivity contribution >= 4 is 17.2 Å². The zero-order valence-corrected chi connectivity index (χ0v) is 20.1. The normalized spacial score (nSPS) is 19.0. The van der Waals surface area contributed by atoms with Crippen LogP contribution in [0.3, 0.4) is 0 Å². The number of benzene rings is 2. The first-order chi connectivity index (χ1) is 17.5. The molecule has 1 atom stereocenters. The molecule has 186 valence electrons. The number of methoxy groups -OCH3 is 1. The summed E-state index contributed by atoms with van der Waals surface area (Å²) in [6.07, 6.45) is 6.10. The van der Waals surface area contributed by atoms with Crippen molar-refractivity contribution in [3.05, 3.63) is 90.0 Å². The van der Waals surface area contributed by atoms with Gasteiger partial charge in [-0.1, -0.05) is 24.3 Å². The highest BCUT2D eigenvalue weighted by Gasteiger charge is 2.29. The van der Waals surface area contributed by atoms with Gasteiger partial charge in [0.1, 0.15) is 5.71 Å². The van der Waals surface area contributed by atoms with Gasteiger partial charge in [0.15, 0.2) is 17.4 Å². The van der Waals surface area contributed by atoms with E-state index in [0.717, 1.165) is 31.0 Å². The molecule has 2 aliphatic heterocycles. The minimum Gasteiger partial charge on any atom is -0.493 e. The van der Waals surface area contributed by atoms with Crippen LogP contribution in [0.4, 0.5) is 14.5 Å². The van der Waals surface area contributed by atoms with Gasteiger partial charge in [0.25, 0.3) is 0 Å². The lowest BCUT2D eigenvalue weighted by molar-refractivity contribution is -0.112. The van der Waals surface area contributed by atoms with E-state index in [0.29, 0.717) is 42.6 Å². The number of ketones is 1. The molecule has 0 spiro atoms. The predicted octanol–water partition coefficient (Wildman–Crippen LogP) is 4.98. The molecule has 0 N–H and O–H groups in total. The number of halogens is 2. The number of aliphatic imine (C=N–C) groups is 1. The van der Waals surface area contributed by atoms with Crippen LogP contribution in [-0.2, 0) is 9.53 Å². The number of aromatic nitrogens is 2. The SMILES string of the molecule is COC1=CC(CC2CCN(c3cccc(F)c3F)CC2)CN=C(c2ccnn2-c2ccccc2)C1=O. The van der Waals surface area contributed by atoms with Crippen molar-refractivity contribution in [2.45, 2.75) is 19.3 Å². The van der Waals surface area contributed by atoms with Gasteiger partial charge in [-0.15, -0.1) is 0 Å². The van der Waals surface area contributed by atoms with Gasteiger partial charge in [-0.05, 0) is 61.6 Å². The molecule has 1 saturated heterocycles. The number of hydrogen-bond acceptors (Lipinski definition) is 5. The minimum atomic E-state index is -0.822. The molecular formula is C28H28F2N4O2. The summed E-state index contributed by atoms with van der Waals surface area (Å²) in [5.41, 5.74) is 2.13. The summed E-state index contributed by atoms with van der Waals surface area (Å²) in [6.45, 7) is 1.78. The molecule has 8 heteroatoms. The van der Waals surface area contributed by atoms with Crippen molar-refractivity contribution in [3.8, 4) is 5.69 Å². The average molecular weight is 491 g/mol.